The molecule has 0 saturated carbocycles. The van der Waals surface area contributed by atoms with E-state index in [-0.39, 0.29) is 5.56 Å². The van der Waals surface area contributed by atoms with E-state index in [1.54, 1.807) is 6.20 Å². The smallest absolute Gasteiger partial charge is 0.281 e. The second-order valence-electron chi connectivity index (χ2n) is 7.01. The molecular weight excluding hydrogens is 334 g/mol. The molecule has 0 fully saturated rings. The topological polar surface area (TPSA) is 39.8 Å². The van der Waals surface area contributed by atoms with E-state index in [9.17, 15) is 4.79 Å². The lowest BCUT2D eigenvalue weighted by Gasteiger charge is -2.09. The number of aromatic nitrogens is 3. The van der Waals surface area contributed by atoms with Gasteiger partial charge in [-0.3, -0.25) is 4.79 Å². The van der Waals surface area contributed by atoms with E-state index in [4.69, 9.17) is 0 Å². The molecule has 0 aliphatic rings. The average Bonchev–Trinajstić information content (AvgIpc) is 2.94. The van der Waals surface area contributed by atoms with Crippen LogP contribution in [0.15, 0.2) is 59.5 Å². The molecule has 27 heavy (non-hydrogen) atoms. The van der Waals surface area contributed by atoms with Crippen molar-refractivity contribution in [1.82, 2.24) is 14.3 Å². The first-order chi connectivity index (χ1) is 13.0. The third-order valence-corrected chi connectivity index (χ3v) is 5.28. The summed E-state index contributed by atoms with van der Waals surface area (Å²) in [6, 6.07) is 16.4. The van der Waals surface area contributed by atoms with E-state index >= 15 is 0 Å². The van der Waals surface area contributed by atoms with Gasteiger partial charge in [-0.05, 0) is 57.0 Å². The quantitative estimate of drug-likeness (QED) is 0.535. The predicted octanol–water partition coefficient (Wildman–Crippen LogP) is 4.66. The summed E-state index contributed by atoms with van der Waals surface area (Å²) in [5.41, 5.74) is 6.20. The molecule has 4 aromatic rings. The summed E-state index contributed by atoms with van der Waals surface area (Å²) in [5.74, 6) is 0. The summed E-state index contributed by atoms with van der Waals surface area (Å²) in [5, 5.41) is 6.07. The molecule has 2 aromatic carbocycles. The van der Waals surface area contributed by atoms with E-state index in [0.717, 1.165) is 40.0 Å². The molecule has 0 spiro atoms. The van der Waals surface area contributed by atoms with Gasteiger partial charge < -0.3 is 4.57 Å². The number of hydrogen-bond donors (Lipinski definition) is 0. The van der Waals surface area contributed by atoms with Gasteiger partial charge in [-0.25, -0.2) is 0 Å². The van der Waals surface area contributed by atoms with Gasteiger partial charge in [0.15, 0.2) is 0 Å². The fourth-order valence-corrected chi connectivity index (χ4v) is 3.70. The van der Waals surface area contributed by atoms with Crippen molar-refractivity contribution in [2.45, 2.75) is 34.1 Å². The summed E-state index contributed by atoms with van der Waals surface area (Å²) >= 11 is 0. The van der Waals surface area contributed by atoms with Crippen molar-refractivity contribution in [1.29, 1.82) is 0 Å². The highest BCUT2D eigenvalue weighted by atomic mass is 16.1. The Morgan fingerprint density at radius 3 is 2.11 bits per heavy atom. The molecule has 0 amide bonds. The van der Waals surface area contributed by atoms with Crippen LogP contribution in [-0.2, 0) is 6.42 Å². The van der Waals surface area contributed by atoms with E-state index in [0.29, 0.717) is 0 Å². The van der Waals surface area contributed by atoms with Crippen LogP contribution in [0.25, 0.3) is 22.1 Å². The molecule has 136 valence electrons. The van der Waals surface area contributed by atoms with Crippen LogP contribution in [0.1, 0.15) is 29.4 Å². The first-order valence-electron chi connectivity index (χ1n) is 9.27. The lowest BCUT2D eigenvalue weighted by atomic mass is 10.1. The van der Waals surface area contributed by atoms with Gasteiger partial charge in [-0.1, -0.05) is 36.8 Å². The highest BCUT2D eigenvalue weighted by Gasteiger charge is 2.17. The van der Waals surface area contributed by atoms with E-state index in [1.807, 2.05) is 38.1 Å². The van der Waals surface area contributed by atoms with Gasteiger partial charge in [0, 0.05) is 22.5 Å². The molecule has 0 saturated heterocycles. The molecule has 0 atom stereocenters. The second-order valence-corrected chi connectivity index (χ2v) is 7.01. The fourth-order valence-electron chi connectivity index (χ4n) is 3.70. The highest BCUT2D eigenvalue weighted by Crippen LogP contribution is 2.26. The third-order valence-electron chi connectivity index (χ3n) is 5.28. The predicted molar refractivity (Wildman–Crippen MR) is 110 cm³/mol. The highest BCUT2D eigenvalue weighted by molar-refractivity contribution is 5.88. The number of fused-ring (bicyclic) bond motifs is 1. The standard InChI is InChI=1S/C23H23N3O/c1-5-18-8-12-20(13-9-18)26-23(27)22-17(4)25(16(3)21(22)14-24-26)19-10-6-15(2)7-11-19/h6-14H,5H2,1-4H3. The minimum atomic E-state index is -0.0804. The van der Waals surface area contributed by atoms with E-state index in [1.165, 1.54) is 15.8 Å². The Balaban J connectivity index is 1.94. The fraction of sp³-hybridized carbons (Fsp3) is 0.217. The monoisotopic (exact) mass is 357 g/mol. The van der Waals surface area contributed by atoms with Crippen LogP contribution in [0.2, 0.25) is 0 Å². The Bertz CT molecular complexity index is 1180. The SMILES string of the molecule is CCc1ccc(-n2ncc3c(C)n(-c4ccc(C)cc4)c(C)c3c2=O)cc1. The maximum atomic E-state index is 13.2. The first kappa shape index (κ1) is 17.3. The van der Waals surface area contributed by atoms with Gasteiger partial charge >= 0.3 is 0 Å². The molecule has 2 heterocycles. The summed E-state index contributed by atoms with van der Waals surface area (Å²) in [6.07, 6.45) is 2.77. The number of nitrogens with zero attached hydrogens (tertiary/aromatic N) is 3. The van der Waals surface area contributed by atoms with Gasteiger partial charge in [-0.2, -0.15) is 9.78 Å². The molecular formula is C23H23N3O. The first-order valence-corrected chi connectivity index (χ1v) is 9.27. The van der Waals surface area contributed by atoms with Crippen LogP contribution in [0, 0.1) is 20.8 Å². The van der Waals surface area contributed by atoms with Crippen molar-refractivity contribution in [3.8, 4) is 11.4 Å². The van der Waals surface area contributed by atoms with Gasteiger partial charge in [0.2, 0.25) is 0 Å². The maximum absolute atomic E-state index is 13.2. The van der Waals surface area contributed by atoms with Gasteiger partial charge in [0.25, 0.3) is 5.56 Å². The zero-order valence-corrected chi connectivity index (χ0v) is 16.2. The molecule has 0 N–H and O–H groups in total. The minimum Gasteiger partial charge on any atom is -0.317 e. The third kappa shape index (κ3) is 2.78. The zero-order chi connectivity index (χ0) is 19.1. The van der Waals surface area contributed by atoms with Crippen LogP contribution in [0.4, 0.5) is 0 Å². The molecule has 2 aromatic heterocycles. The van der Waals surface area contributed by atoms with E-state index in [2.05, 4.69) is 47.8 Å². The van der Waals surface area contributed by atoms with Crippen LogP contribution in [0.3, 0.4) is 0 Å². The Kier molecular flexibility index (Phi) is 4.19. The Morgan fingerprint density at radius 1 is 0.852 bits per heavy atom. The molecule has 0 aliphatic heterocycles. The number of rotatable bonds is 3. The van der Waals surface area contributed by atoms with Crippen molar-refractivity contribution in [2.24, 2.45) is 0 Å². The van der Waals surface area contributed by atoms with Crippen molar-refractivity contribution in [3.05, 3.63) is 87.6 Å². The summed E-state index contributed by atoms with van der Waals surface area (Å²) in [6.45, 7) is 8.23. The second kappa shape index (κ2) is 6.54. The lowest BCUT2D eigenvalue weighted by Crippen LogP contribution is -2.21. The van der Waals surface area contributed by atoms with Crippen molar-refractivity contribution < 1.29 is 0 Å². The molecule has 0 unspecified atom stereocenters. The number of aryl methyl sites for hydroxylation is 4. The largest absolute Gasteiger partial charge is 0.317 e. The zero-order valence-electron chi connectivity index (χ0n) is 16.2. The summed E-state index contributed by atoms with van der Waals surface area (Å²) in [4.78, 5) is 13.2. The minimum absolute atomic E-state index is 0.0804. The molecule has 4 rings (SSSR count). The summed E-state index contributed by atoms with van der Waals surface area (Å²) in [7, 11) is 0. The molecule has 4 heteroatoms. The Hall–Kier alpha value is -3.14. The van der Waals surface area contributed by atoms with Crippen LogP contribution in [0.5, 0.6) is 0 Å². The van der Waals surface area contributed by atoms with Crippen molar-refractivity contribution in [3.63, 3.8) is 0 Å². The number of benzene rings is 2. The molecule has 4 nitrogen and oxygen atoms in total. The molecule has 0 bridgehead atoms. The van der Waals surface area contributed by atoms with Crippen LogP contribution >= 0.6 is 0 Å². The lowest BCUT2D eigenvalue weighted by molar-refractivity contribution is 0.820. The van der Waals surface area contributed by atoms with E-state index < -0.39 is 0 Å². The maximum Gasteiger partial charge on any atom is 0.281 e. The van der Waals surface area contributed by atoms with Crippen LogP contribution < -0.4 is 5.56 Å². The Labute approximate surface area is 158 Å². The molecule has 0 aliphatic carbocycles. The van der Waals surface area contributed by atoms with Crippen molar-refractivity contribution >= 4 is 10.8 Å². The average molecular weight is 357 g/mol. The van der Waals surface area contributed by atoms with Crippen molar-refractivity contribution in [2.75, 3.05) is 0 Å². The molecule has 0 radical (unpaired) electrons. The van der Waals surface area contributed by atoms with Gasteiger partial charge in [-0.15, -0.1) is 0 Å². The van der Waals surface area contributed by atoms with Gasteiger partial charge in [0.1, 0.15) is 0 Å². The Morgan fingerprint density at radius 2 is 1.48 bits per heavy atom. The normalized spacial score (nSPS) is 11.3. The summed E-state index contributed by atoms with van der Waals surface area (Å²) < 4.78 is 3.63. The van der Waals surface area contributed by atoms with Crippen LogP contribution in [-0.4, -0.2) is 14.3 Å². The van der Waals surface area contributed by atoms with Gasteiger partial charge in [0.05, 0.1) is 17.3 Å². The number of hydrogen-bond acceptors (Lipinski definition) is 2.